The number of hydrogen-bond donors (Lipinski definition) is 1. The molecule has 2 aliphatic rings. The molecule has 2 aliphatic heterocycles. The fourth-order valence-electron chi connectivity index (χ4n) is 3.60. The van der Waals surface area contributed by atoms with Gasteiger partial charge in [0.2, 0.25) is 5.91 Å². The smallest absolute Gasteiger partial charge is 0.357 e. The monoisotopic (exact) mass is 405 g/mol. The summed E-state index contributed by atoms with van der Waals surface area (Å²) in [5.41, 5.74) is 0. The van der Waals surface area contributed by atoms with Gasteiger partial charge in [0, 0.05) is 58.8 Å². The number of rotatable bonds is 7. The number of carbonyl (C=O) groups is 1. The molecule has 0 bridgehead atoms. The van der Waals surface area contributed by atoms with E-state index in [0.29, 0.717) is 19.5 Å². The van der Waals surface area contributed by atoms with Crippen molar-refractivity contribution in [3.63, 3.8) is 0 Å². The minimum absolute atomic E-state index is 0.110. The van der Waals surface area contributed by atoms with E-state index in [1.165, 1.54) is 6.42 Å². The van der Waals surface area contributed by atoms with Crippen LogP contribution in [-0.4, -0.2) is 91.6 Å². The Morgan fingerprint density at radius 3 is 2.25 bits per heavy atom. The molecule has 0 radical (unpaired) electrons. The van der Waals surface area contributed by atoms with Gasteiger partial charge >= 0.3 is 6.18 Å². The zero-order valence-corrected chi connectivity index (χ0v) is 16.9. The highest BCUT2D eigenvalue weighted by Gasteiger charge is 2.26. The van der Waals surface area contributed by atoms with Gasteiger partial charge in [0.15, 0.2) is 5.96 Å². The van der Waals surface area contributed by atoms with Crippen LogP contribution < -0.4 is 5.32 Å². The van der Waals surface area contributed by atoms with E-state index in [1.54, 1.807) is 0 Å². The second-order valence-electron chi connectivity index (χ2n) is 7.51. The first kappa shape index (κ1) is 22.8. The third-order valence-electron chi connectivity index (χ3n) is 5.20. The maximum Gasteiger partial charge on any atom is 0.389 e. The average molecular weight is 406 g/mol. The van der Waals surface area contributed by atoms with Crippen molar-refractivity contribution in [2.45, 2.75) is 51.6 Å². The molecule has 2 fully saturated rings. The zero-order valence-electron chi connectivity index (χ0n) is 16.9. The second kappa shape index (κ2) is 11.5. The van der Waals surface area contributed by atoms with E-state index in [-0.39, 0.29) is 12.3 Å². The van der Waals surface area contributed by atoms with Crippen LogP contribution in [0.15, 0.2) is 4.99 Å². The average Bonchev–Trinajstić information content (AvgIpc) is 2.67. The third kappa shape index (κ3) is 8.24. The first-order chi connectivity index (χ1) is 13.4. The molecule has 1 N–H and O–H groups in total. The van der Waals surface area contributed by atoms with Crippen LogP contribution >= 0.6 is 0 Å². The lowest BCUT2D eigenvalue weighted by Crippen LogP contribution is -2.54. The fourth-order valence-corrected chi connectivity index (χ4v) is 3.60. The van der Waals surface area contributed by atoms with Crippen molar-refractivity contribution < 1.29 is 18.0 Å². The van der Waals surface area contributed by atoms with E-state index in [9.17, 15) is 18.0 Å². The number of amides is 1. The summed E-state index contributed by atoms with van der Waals surface area (Å²) in [7, 11) is 0. The van der Waals surface area contributed by atoms with Gasteiger partial charge in [-0.1, -0.05) is 0 Å². The summed E-state index contributed by atoms with van der Waals surface area (Å²) in [4.78, 5) is 23.2. The van der Waals surface area contributed by atoms with Crippen LogP contribution in [0.3, 0.4) is 0 Å². The predicted molar refractivity (Wildman–Crippen MR) is 104 cm³/mol. The van der Waals surface area contributed by atoms with Gasteiger partial charge in [0.25, 0.3) is 0 Å². The highest BCUT2D eigenvalue weighted by molar-refractivity contribution is 5.80. The van der Waals surface area contributed by atoms with Gasteiger partial charge in [-0.3, -0.25) is 14.7 Å². The summed E-state index contributed by atoms with van der Waals surface area (Å²) in [5, 5.41) is 3.23. The maximum absolute atomic E-state index is 12.4. The molecule has 2 rings (SSSR count). The van der Waals surface area contributed by atoms with E-state index in [1.807, 2.05) is 11.8 Å². The van der Waals surface area contributed by atoms with Crippen LogP contribution in [-0.2, 0) is 4.79 Å². The van der Waals surface area contributed by atoms with Crippen LogP contribution in [0.5, 0.6) is 0 Å². The lowest BCUT2D eigenvalue weighted by Gasteiger charge is -2.37. The molecule has 0 spiro atoms. The number of unbranched alkanes of at least 4 members (excludes halogenated alkanes) is 1. The quantitative estimate of drug-likeness (QED) is 0.401. The Balaban J connectivity index is 1.73. The predicted octanol–water partition coefficient (Wildman–Crippen LogP) is 2.31. The number of nitrogens with one attached hydrogen (secondary N) is 1. The molecule has 9 heteroatoms. The van der Waals surface area contributed by atoms with E-state index in [2.05, 4.69) is 20.1 Å². The topological polar surface area (TPSA) is 51.2 Å². The Labute approximate surface area is 166 Å². The number of hydrogen-bond acceptors (Lipinski definition) is 3. The summed E-state index contributed by atoms with van der Waals surface area (Å²) in [6.45, 7) is 8.43. The number of carbonyl (C=O) groups excluding carboxylic acids is 1. The van der Waals surface area contributed by atoms with Gasteiger partial charge in [0.05, 0.1) is 6.54 Å². The molecule has 28 heavy (non-hydrogen) atoms. The van der Waals surface area contributed by atoms with Crippen molar-refractivity contribution in [1.29, 1.82) is 0 Å². The molecule has 1 amide bonds. The van der Waals surface area contributed by atoms with Crippen LogP contribution in [0.25, 0.3) is 0 Å². The standard InChI is InChI=1S/C19H34F3N5O/c1-2-23-18(24-9-5-4-8-19(20,21)22)27-14-12-25(13-15-27)16-17(28)26-10-6-3-7-11-26/h2-16H2,1H3,(H,23,24). The molecule has 2 saturated heterocycles. The normalized spacial score (nSPS) is 19.8. The Kier molecular flexibility index (Phi) is 9.34. The van der Waals surface area contributed by atoms with Gasteiger partial charge in [0.1, 0.15) is 0 Å². The van der Waals surface area contributed by atoms with Crippen molar-refractivity contribution in [2.75, 3.05) is 58.9 Å². The summed E-state index contributed by atoms with van der Waals surface area (Å²) in [5.74, 6) is 0.981. The van der Waals surface area contributed by atoms with E-state index in [0.717, 1.165) is 64.6 Å². The lowest BCUT2D eigenvalue weighted by atomic mass is 10.1. The number of alkyl halides is 3. The molecule has 0 atom stereocenters. The second-order valence-corrected chi connectivity index (χ2v) is 7.51. The first-order valence-corrected chi connectivity index (χ1v) is 10.5. The maximum atomic E-state index is 12.4. The number of halogens is 3. The number of nitrogens with zero attached hydrogens (tertiary/aromatic N) is 4. The van der Waals surface area contributed by atoms with Crippen molar-refractivity contribution in [1.82, 2.24) is 20.0 Å². The minimum atomic E-state index is -4.09. The van der Waals surface area contributed by atoms with Crippen molar-refractivity contribution in [2.24, 2.45) is 4.99 Å². The highest BCUT2D eigenvalue weighted by Crippen LogP contribution is 2.22. The Morgan fingerprint density at radius 2 is 1.64 bits per heavy atom. The number of piperazine rings is 1. The van der Waals surface area contributed by atoms with Gasteiger partial charge in [-0.25, -0.2) is 0 Å². The fraction of sp³-hybridized carbons (Fsp3) is 0.895. The molecule has 0 unspecified atom stereocenters. The zero-order chi connectivity index (χ0) is 20.4. The van der Waals surface area contributed by atoms with Gasteiger partial charge in [-0.05, 0) is 39.0 Å². The molecule has 0 aromatic carbocycles. The lowest BCUT2D eigenvalue weighted by molar-refractivity contribution is -0.135. The molecule has 0 aliphatic carbocycles. The van der Waals surface area contributed by atoms with E-state index in [4.69, 9.17) is 0 Å². The van der Waals surface area contributed by atoms with Crippen molar-refractivity contribution in [3.8, 4) is 0 Å². The number of aliphatic imine (C=N–C) groups is 1. The van der Waals surface area contributed by atoms with Crippen LogP contribution in [0, 0.1) is 0 Å². The van der Waals surface area contributed by atoms with Gasteiger partial charge in [-0.15, -0.1) is 0 Å². The van der Waals surface area contributed by atoms with E-state index < -0.39 is 12.6 Å². The number of guanidine groups is 1. The largest absolute Gasteiger partial charge is 0.389 e. The molecule has 0 saturated carbocycles. The van der Waals surface area contributed by atoms with Gasteiger partial charge < -0.3 is 15.1 Å². The van der Waals surface area contributed by atoms with Crippen LogP contribution in [0.2, 0.25) is 0 Å². The minimum Gasteiger partial charge on any atom is -0.357 e. The van der Waals surface area contributed by atoms with E-state index >= 15 is 0 Å². The number of likely N-dealkylation sites (tertiary alicyclic amines) is 1. The molecule has 0 aromatic rings. The van der Waals surface area contributed by atoms with Crippen molar-refractivity contribution in [3.05, 3.63) is 0 Å². The van der Waals surface area contributed by atoms with Crippen LogP contribution in [0.1, 0.15) is 45.4 Å². The summed E-state index contributed by atoms with van der Waals surface area (Å²) >= 11 is 0. The molecule has 2 heterocycles. The Morgan fingerprint density at radius 1 is 0.964 bits per heavy atom. The number of piperidine rings is 1. The highest BCUT2D eigenvalue weighted by atomic mass is 19.4. The first-order valence-electron chi connectivity index (χ1n) is 10.5. The van der Waals surface area contributed by atoms with Gasteiger partial charge in [-0.2, -0.15) is 13.2 Å². The third-order valence-corrected chi connectivity index (χ3v) is 5.20. The van der Waals surface area contributed by atoms with Crippen molar-refractivity contribution >= 4 is 11.9 Å². The summed E-state index contributed by atoms with van der Waals surface area (Å²) in [6.07, 6.45) is -0.877. The molecule has 162 valence electrons. The Bertz CT molecular complexity index is 498. The summed E-state index contributed by atoms with van der Waals surface area (Å²) < 4.78 is 36.6. The molecular formula is C19H34F3N5O. The SMILES string of the molecule is CCNC(=NCCCCC(F)(F)F)N1CCN(CC(=O)N2CCCCC2)CC1. The molecule has 0 aromatic heterocycles. The van der Waals surface area contributed by atoms with Crippen LogP contribution in [0.4, 0.5) is 13.2 Å². The molecule has 6 nitrogen and oxygen atoms in total. The Hall–Kier alpha value is -1.51. The summed E-state index contributed by atoms with van der Waals surface area (Å²) in [6, 6.07) is 0. The molecular weight excluding hydrogens is 371 g/mol.